The molecule has 0 aromatic rings. The molecular weight excluding hydrogens is 390 g/mol. The van der Waals surface area contributed by atoms with E-state index >= 15 is 0 Å². The molecule has 0 radical (unpaired) electrons. The Labute approximate surface area is 171 Å². The molecular formula is C13H13F3N3NaO5S. The number of carboxylic acids is 1. The monoisotopic (exact) mass is 403 g/mol. The van der Waals surface area contributed by atoms with Crippen LogP contribution in [-0.4, -0.2) is 98.7 Å². The first-order chi connectivity index (χ1) is 11.5. The second kappa shape index (κ2) is 7.06. The Bertz CT molecular complexity index is 728. The topological polar surface area (TPSA) is 121 Å². The molecule has 138 valence electrons. The molecule has 3 amide bonds. The molecule has 0 aromatic carbocycles. The van der Waals surface area contributed by atoms with Gasteiger partial charge in [-0.1, -0.05) is 0 Å². The zero-order valence-electron chi connectivity index (χ0n) is 12.4. The first-order valence-corrected chi connectivity index (χ1v) is 8.11. The number of rotatable bonds is 4. The number of nitrogens with two attached hydrogens (primary N) is 1. The molecule has 3 aliphatic heterocycles. The minimum absolute atomic E-state index is 0. The van der Waals surface area contributed by atoms with Crippen LogP contribution in [0.4, 0.5) is 13.2 Å². The fourth-order valence-corrected chi connectivity index (χ4v) is 4.52. The van der Waals surface area contributed by atoms with Crippen molar-refractivity contribution >= 4 is 65.0 Å². The summed E-state index contributed by atoms with van der Waals surface area (Å²) < 4.78 is 38.1. The molecule has 3 aliphatic rings. The standard InChI is InChI=1S/C13H12F3N3O5S.Na.H/c14-13(15,16)12(24)18-2-4-1-5(25-3-6(17)20)8(11(22)23)19-7(4)9(18)10(19)21;;/h4,7,9H,1-3H2,(H2,17,20)(H,22,23);;/t4-,7-,9+;;/m1../s1. The van der Waals surface area contributed by atoms with Crippen molar-refractivity contribution in [3.63, 3.8) is 0 Å². The average Bonchev–Trinajstić information content (AvgIpc) is 2.85. The third-order valence-corrected chi connectivity index (χ3v) is 5.55. The normalized spacial score (nSPS) is 26.9. The summed E-state index contributed by atoms with van der Waals surface area (Å²) >= 11 is 0.841. The Morgan fingerprint density at radius 2 is 1.92 bits per heavy atom. The average molecular weight is 403 g/mol. The third kappa shape index (κ3) is 3.23. The number of carboxylic acid groups (broad SMARTS) is 1. The van der Waals surface area contributed by atoms with Crippen molar-refractivity contribution < 1.29 is 37.5 Å². The van der Waals surface area contributed by atoms with E-state index in [2.05, 4.69) is 0 Å². The van der Waals surface area contributed by atoms with Crippen LogP contribution in [-0.2, 0) is 19.2 Å². The van der Waals surface area contributed by atoms with E-state index in [0.717, 1.165) is 16.7 Å². The summed E-state index contributed by atoms with van der Waals surface area (Å²) in [6.45, 7) is -0.302. The summed E-state index contributed by atoms with van der Waals surface area (Å²) in [5.41, 5.74) is 4.68. The summed E-state index contributed by atoms with van der Waals surface area (Å²) in [5, 5.41) is 9.37. The summed E-state index contributed by atoms with van der Waals surface area (Å²) in [5.74, 6) is -5.83. The van der Waals surface area contributed by atoms with Crippen molar-refractivity contribution in [2.24, 2.45) is 11.7 Å². The molecule has 3 heterocycles. The van der Waals surface area contributed by atoms with E-state index in [4.69, 9.17) is 5.73 Å². The van der Waals surface area contributed by atoms with Gasteiger partial charge in [-0.2, -0.15) is 13.2 Å². The molecule has 3 N–H and O–H groups in total. The maximum atomic E-state index is 12.7. The molecule has 0 aliphatic carbocycles. The molecule has 3 atom stereocenters. The van der Waals surface area contributed by atoms with Gasteiger partial charge in [0.05, 0.1) is 11.8 Å². The molecule has 0 bridgehead atoms. The van der Waals surface area contributed by atoms with Crippen molar-refractivity contribution in [3.05, 3.63) is 10.6 Å². The van der Waals surface area contributed by atoms with Crippen LogP contribution in [0, 0.1) is 5.92 Å². The fourth-order valence-electron chi connectivity index (χ4n) is 3.55. The Balaban J connectivity index is 0.00000243. The van der Waals surface area contributed by atoms with Gasteiger partial charge in [-0.3, -0.25) is 19.3 Å². The van der Waals surface area contributed by atoms with Crippen LogP contribution in [0.5, 0.6) is 0 Å². The van der Waals surface area contributed by atoms with Crippen LogP contribution >= 0.6 is 11.8 Å². The Kier molecular flexibility index (Phi) is 5.72. The number of carbonyl (C=O) groups is 4. The number of allylic oxidation sites excluding steroid dienone is 1. The van der Waals surface area contributed by atoms with Gasteiger partial charge in [0, 0.05) is 17.4 Å². The van der Waals surface area contributed by atoms with Crippen molar-refractivity contribution in [2.75, 3.05) is 12.3 Å². The number of alkyl halides is 3. The number of thioether (sulfide) groups is 1. The second-order valence-corrected chi connectivity index (χ2v) is 6.97. The first-order valence-electron chi connectivity index (χ1n) is 7.12. The summed E-state index contributed by atoms with van der Waals surface area (Å²) in [6, 6.07) is -2.08. The molecule has 26 heavy (non-hydrogen) atoms. The number of hydrogen-bond donors (Lipinski definition) is 2. The van der Waals surface area contributed by atoms with E-state index in [9.17, 15) is 37.5 Å². The van der Waals surface area contributed by atoms with Crippen molar-refractivity contribution in [1.82, 2.24) is 9.80 Å². The van der Waals surface area contributed by atoms with Crippen LogP contribution in [0.25, 0.3) is 0 Å². The zero-order valence-corrected chi connectivity index (χ0v) is 13.3. The number of amides is 3. The van der Waals surface area contributed by atoms with Gasteiger partial charge in [0.25, 0.3) is 5.91 Å². The Hall–Kier alpha value is -1.24. The number of halogens is 3. The van der Waals surface area contributed by atoms with Gasteiger partial charge in [-0.25, -0.2) is 4.79 Å². The van der Waals surface area contributed by atoms with Crippen molar-refractivity contribution in [1.29, 1.82) is 0 Å². The number of carbonyl (C=O) groups excluding carboxylic acids is 3. The van der Waals surface area contributed by atoms with Crippen LogP contribution in [0.15, 0.2) is 10.6 Å². The Morgan fingerprint density at radius 3 is 2.42 bits per heavy atom. The molecule has 2 saturated heterocycles. The number of likely N-dealkylation sites (tertiary alicyclic amines) is 1. The van der Waals surface area contributed by atoms with E-state index in [1.54, 1.807) is 0 Å². The number of primary amides is 1. The van der Waals surface area contributed by atoms with Crippen LogP contribution in [0.1, 0.15) is 6.42 Å². The van der Waals surface area contributed by atoms with E-state index < -0.39 is 47.9 Å². The molecule has 13 heteroatoms. The fraction of sp³-hybridized carbons (Fsp3) is 0.538. The van der Waals surface area contributed by atoms with Gasteiger partial charge in [0.2, 0.25) is 5.91 Å². The van der Waals surface area contributed by atoms with Crippen LogP contribution in [0.2, 0.25) is 0 Å². The minimum atomic E-state index is -5.11. The molecule has 2 fully saturated rings. The molecule has 0 saturated carbocycles. The van der Waals surface area contributed by atoms with Gasteiger partial charge in [0.15, 0.2) is 0 Å². The number of hydrogen-bond acceptors (Lipinski definition) is 5. The van der Waals surface area contributed by atoms with Crippen LogP contribution < -0.4 is 5.73 Å². The SMILES string of the molecule is NC(=O)CSC1=C(C(=O)O)N2C(=O)[C@@H]3[C@H]2[C@H](C1)CN3C(=O)C(F)(F)F.[NaH]. The van der Waals surface area contributed by atoms with Gasteiger partial charge < -0.3 is 15.7 Å². The molecule has 0 unspecified atom stereocenters. The predicted octanol–water partition coefficient (Wildman–Crippen LogP) is -1.14. The molecule has 0 aromatic heterocycles. The van der Waals surface area contributed by atoms with Gasteiger partial charge in [0.1, 0.15) is 11.7 Å². The number of β-lactam (4-membered cyclic amide) rings is 1. The van der Waals surface area contributed by atoms with E-state index in [1.807, 2.05) is 0 Å². The van der Waals surface area contributed by atoms with E-state index in [-0.39, 0.29) is 58.9 Å². The van der Waals surface area contributed by atoms with Gasteiger partial charge in [-0.05, 0) is 6.42 Å². The van der Waals surface area contributed by atoms with Crippen LogP contribution in [0.3, 0.4) is 0 Å². The molecule has 3 rings (SSSR count). The Morgan fingerprint density at radius 1 is 1.31 bits per heavy atom. The van der Waals surface area contributed by atoms with Crippen molar-refractivity contribution in [3.8, 4) is 0 Å². The quantitative estimate of drug-likeness (QED) is 0.452. The van der Waals surface area contributed by atoms with Crippen molar-refractivity contribution in [2.45, 2.75) is 24.7 Å². The first kappa shape index (κ1) is 21.1. The van der Waals surface area contributed by atoms with E-state index in [1.165, 1.54) is 0 Å². The molecule has 8 nitrogen and oxygen atoms in total. The molecule has 0 spiro atoms. The van der Waals surface area contributed by atoms with E-state index in [0.29, 0.717) is 4.90 Å². The van der Waals surface area contributed by atoms with Gasteiger partial charge >= 0.3 is 47.6 Å². The van der Waals surface area contributed by atoms with Gasteiger partial charge in [-0.15, -0.1) is 11.8 Å². The summed E-state index contributed by atoms with van der Waals surface area (Å²) in [6.07, 6.45) is -5.05. The summed E-state index contributed by atoms with van der Waals surface area (Å²) in [4.78, 5) is 47.8. The second-order valence-electron chi connectivity index (χ2n) is 5.90. The number of nitrogens with zero attached hydrogens (tertiary/aromatic N) is 2. The summed E-state index contributed by atoms with van der Waals surface area (Å²) in [7, 11) is 0. The maximum absolute atomic E-state index is 12.7. The predicted molar refractivity (Wildman–Crippen MR) is 83.8 cm³/mol. The zero-order chi connectivity index (χ0) is 18.7. The third-order valence-electron chi connectivity index (χ3n) is 4.41. The number of aliphatic carboxylic acids is 1.